The van der Waals surface area contributed by atoms with E-state index in [-0.39, 0.29) is 0 Å². The van der Waals surface area contributed by atoms with Gasteiger partial charge in [0.1, 0.15) is 0 Å². The Bertz CT molecular complexity index is 658. The molecular weight excluding hydrogens is 224 g/mol. The quantitative estimate of drug-likeness (QED) is 0.737. The van der Waals surface area contributed by atoms with Crippen LogP contribution in [-0.4, -0.2) is 15.0 Å². The third-order valence-corrected chi connectivity index (χ3v) is 2.80. The van der Waals surface area contributed by atoms with E-state index in [0.717, 1.165) is 22.7 Å². The molecule has 3 aromatic rings. The van der Waals surface area contributed by atoms with Crippen molar-refractivity contribution in [2.75, 3.05) is 5.32 Å². The minimum atomic E-state index is 0.666. The first-order valence-corrected chi connectivity index (χ1v) is 5.91. The highest BCUT2D eigenvalue weighted by molar-refractivity contribution is 5.78. The third kappa shape index (κ3) is 2.18. The first kappa shape index (κ1) is 10.8. The number of imidazole rings is 1. The van der Waals surface area contributed by atoms with Gasteiger partial charge in [0.25, 0.3) is 0 Å². The van der Waals surface area contributed by atoms with Gasteiger partial charge in [-0.1, -0.05) is 12.1 Å². The number of pyridine rings is 1. The van der Waals surface area contributed by atoms with Gasteiger partial charge in [-0.25, -0.2) is 4.98 Å². The monoisotopic (exact) mass is 238 g/mol. The van der Waals surface area contributed by atoms with Gasteiger partial charge in [0, 0.05) is 6.20 Å². The second-order valence-corrected chi connectivity index (χ2v) is 4.28. The summed E-state index contributed by atoms with van der Waals surface area (Å²) in [5.41, 5.74) is 4.25. The molecule has 0 radical (unpaired) electrons. The molecule has 0 aliphatic carbocycles. The summed E-state index contributed by atoms with van der Waals surface area (Å²) in [6.45, 7) is 2.74. The van der Waals surface area contributed by atoms with Crippen molar-refractivity contribution >= 4 is 17.0 Å². The predicted octanol–water partition coefficient (Wildman–Crippen LogP) is 2.88. The largest absolute Gasteiger partial charge is 0.350 e. The van der Waals surface area contributed by atoms with Gasteiger partial charge in [-0.2, -0.15) is 0 Å². The van der Waals surface area contributed by atoms with E-state index in [0.29, 0.717) is 6.54 Å². The number of hydrogen-bond acceptors (Lipinski definition) is 3. The van der Waals surface area contributed by atoms with Gasteiger partial charge in [0.05, 0.1) is 23.3 Å². The van der Waals surface area contributed by atoms with Crippen LogP contribution in [0.5, 0.6) is 0 Å². The molecule has 0 spiro atoms. The summed E-state index contributed by atoms with van der Waals surface area (Å²) in [5.74, 6) is 0.779. The zero-order valence-corrected chi connectivity index (χ0v) is 10.1. The highest BCUT2D eigenvalue weighted by atomic mass is 15.1. The molecular formula is C14H14N4. The zero-order chi connectivity index (χ0) is 12.4. The number of fused-ring (bicyclic) bond motifs is 1. The molecule has 0 aliphatic heterocycles. The second kappa shape index (κ2) is 4.49. The number of rotatable bonds is 3. The number of nitrogens with zero attached hydrogens (tertiary/aromatic N) is 2. The number of aromatic nitrogens is 3. The molecule has 4 nitrogen and oxygen atoms in total. The van der Waals surface area contributed by atoms with E-state index in [2.05, 4.69) is 39.3 Å². The number of H-pyrrole nitrogens is 1. The normalized spacial score (nSPS) is 10.7. The molecule has 0 saturated heterocycles. The van der Waals surface area contributed by atoms with Crippen LogP contribution in [0, 0.1) is 6.92 Å². The number of aromatic amines is 1. The van der Waals surface area contributed by atoms with Crippen molar-refractivity contribution in [3.8, 4) is 0 Å². The number of hydrogen-bond donors (Lipinski definition) is 2. The molecule has 0 atom stereocenters. The molecule has 2 N–H and O–H groups in total. The summed E-state index contributed by atoms with van der Waals surface area (Å²) in [5, 5.41) is 3.24. The molecule has 0 unspecified atom stereocenters. The first-order chi connectivity index (χ1) is 8.81. The topological polar surface area (TPSA) is 53.6 Å². The number of nitrogens with one attached hydrogen (secondary N) is 2. The van der Waals surface area contributed by atoms with Crippen LogP contribution in [0.3, 0.4) is 0 Å². The maximum Gasteiger partial charge on any atom is 0.201 e. The molecule has 0 bridgehead atoms. The lowest BCUT2D eigenvalue weighted by molar-refractivity contribution is 1.02. The fourth-order valence-electron chi connectivity index (χ4n) is 1.88. The van der Waals surface area contributed by atoms with Gasteiger partial charge < -0.3 is 10.3 Å². The minimum Gasteiger partial charge on any atom is -0.350 e. The van der Waals surface area contributed by atoms with E-state index in [1.54, 1.807) is 6.20 Å². The van der Waals surface area contributed by atoms with Crippen LogP contribution in [0.4, 0.5) is 5.95 Å². The maximum absolute atomic E-state index is 4.47. The summed E-state index contributed by atoms with van der Waals surface area (Å²) >= 11 is 0. The van der Waals surface area contributed by atoms with Crippen LogP contribution in [0.1, 0.15) is 11.3 Å². The lowest BCUT2D eigenvalue weighted by Gasteiger charge is -2.00. The van der Waals surface area contributed by atoms with Crippen LogP contribution in [0.25, 0.3) is 11.0 Å². The Kier molecular flexibility index (Phi) is 2.68. The Balaban J connectivity index is 1.79. The number of benzene rings is 1. The van der Waals surface area contributed by atoms with Crippen molar-refractivity contribution in [3.05, 3.63) is 53.9 Å². The molecule has 1 aromatic carbocycles. The molecule has 2 heterocycles. The van der Waals surface area contributed by atoms with E-state index in [4.69, 9.17) is 0 Å². The van der Waals surface area contributed by atoms with E-state index in [9.17, 15) is 0 Å². The molecule has 18 heavy (non-hydrogen) atoms. The Morgan fingerprint density at radius 2 is 2.17 bits per heavy atom. The van der Waals surface area contributed by atoms with E-state index in [1.807, 2.05) is 24.3 Å². The Labute approximate surface area is 105 Å². The minimum absolute atomic E-state index is 0.666. The molecule has 0 fully saturated rings. The van der Waals surface area contributed by atoms with Gasteiger partial charge in [-0.3, -0.25) is 4.98 Å². The third-order valence-electron chi connectivity index (χ3n) is 2.80. The van der Waals surface area contributed by atoms with Gasteiger partial charge in [0.15, 0.2) is 0 Å². The average molecular weight is 238 g/mol. The predicted molar refractivity (Wildman–Crippen MR) is 72.4 cm³/mol. The maximum atomic E-state index is 4.47. The second-order valence-electron chi connectivity index (χ2n) is 4.28. The van der Waals surface area contributed by atoms with Crippen molar-refractivity contribution in [1.82, 2.24) is 15.0 Å². The summed E-state index contributed by atoms with van der Waals surface area (Å²) in [6.07, 6.45) is 1.79. The first-order valence-electron chi connectivity index (χ1n) is 5.91. The smallest absolute Gasteiger partial charge is 0.201 e. The summed E-state index contributed by atoms with van der Waals surface area (Å²) in [7, 11) is 0. The van der Waals surface area contributed by atoms with E-state index < -0.39 is 0 Å². The van der Waals surface area contributed by atoms with Crippen LogP contribution < -0.4 is 5.32 Å². The van der Waals surface area contributed by atoms with Gasteiger partial charge >= 0.3 is 0 Å². The Morgan fingerprint density at radius 1 is 1.22 bits per heavy atom. The molecule has 4 heteroatoms. The molecule has 0 amide bonds. The number of anilines is 1. The summed E-state index contributed by atoms with van der Waals surface area (Å²) in [4.78, 5) is 12.0. The number of aryl methyl sites for hydroxylation is 1. The highest BCUT2D eigenvalue weighted by Crippen LogP contribution is 2.15. The standard InChI is InChI=1S/C14H14N4/c1-10-5-6-12-13(8-10)18-14(17-12)16-9-11-4-2-3-7-15-11/h2-8H,9H2,1H3,(H2,16,17,18). The lowest BCUT2D eigenvalue weighted by atomic mass is 10.2. The molecule has 0 aliphatic rings. The van der Waals surface area contributed by atoms with E-state index in [1.165, 1.54) is 5.56 Å². The Morgan fingerprint density at radius 3 is 3.00 bits per heavy atom. The van der Waals surface area contributed by atoms with Crippen molar-refractivity contribution in [2.45, 2.75) is 13.5 Å². The van der Waals surface area contributed by atoms with Crippen LogP contribution >= 0.6 is 0 Å². The van der Waals surface area contributed by atoms with Gasteiger partial charge in [-0.15, -0.1) is 0 Å². The SMILES string of the molecule is Cc1ccc2nc(NCc3ccccn3)[nH]c2c1. The molecule has 0 saturated carbocycles. The fraction of sp³-hybridized carbons (Fsp3) is 0.143. The Hall–Kier alpha value is -2.36. The van der Waals surface area contributed by atoms with Crippen molar-refractivity contribution in [1.29, 1.82) is 0 Å². The fourth-order valence-corrected chi connectivity index (χ4v) is 1.88. The summed E-state index contributed by atoms with van der Waals surface area (Å²) in [6, 6.07) is 12.0. The van der Waals surface area contributed by atoms with Crippen molar-refractivity contribution < 1.29 is 0 Å². The lowest BCUT2D eigenvalue weighted by Crippen LogP contribution is -2.02. The van der Waals surface area contributed by atoms with Crippen LogP contribution in [0.2, 0.25) is 0 Å². The molecule has 3 rings (SSSR count). The summed E-state index contributed by atoms with van der Waals surface area (Å²) < 4.78 is 0. The van der Waals surface area contributed by atoms with E-state index >= 15 is 0 Å². The van der Waals surface area contributed by atoms with Gasteiger partial charge in [0.2, 0.25) is 5.95 Å². The highest BCUT2D eigenvalue weighted by Gasteiger charge is 2.02. The molecule has 90 valence electrons. The zero-order valence-electron chi connectivity index (χ0n) is 10.1. The van der Waals surface area contributed by atoms with Crippen LogP contribution in [0.15, 0.2) is 42.6 Å². The average Bonchev–Trinajstić information content (AvgIpc) is 2.79. The van der Waals surface area contributed by atoms with Crippen molar-refractivity contribution in [3.63, 3.8) is 0 Å². The van der Waals surface area contributed by atoms with Crippen molar-refractivity contribution in [2.24, 2.45) is 0 Å². The van der Waals surface area contributed by atoms with Crippen LogP contribution in [-0.2, 0) is 6.54 Å². The van der Waals surface area contributed by atoms with Gasteiger partial charge in [-0.05, 0) is 36.8 Å². The molecule has 2 aromatic heterocycles.